The molecule has 4 nitrogen and oxygen atoms in total. The highest BCUT2D eigenvalue weighted by molar-refractivity contribution is 9.10. The Labute approximate surface area is 115 Å². The van der Waals surface area contributed by atoms with Crippen LogP contribution in [0.3, 0.4) is 0 Å². The maximum Gasteiger partial charge on any atom is 0.181 e. The molecule has 98 valence electrons. The van der Waals surface area contributed by atoms with Gasteiger partial charge in [0.2, 0.25) is 0 Å². The molecule has 5 heteroatoms. The zero-order valence-corrected chi connectivity index (χ0v) is 11.9. The lowest BCUT2D eigenvalue weighted by Gasteiger charge is -2.38. The molecule has 0 radical (unpaired) electrons. The third-order valence-electron chi connectivity index (χ3n) is 3.48. The van der Waals surface area contributed by atoms with E-state index in [0.29, 0.717) is 0 Å². The van der Waals surface area contributed by atoms with Gasteiger partial charge in [0.25, 0.3) is 0 Å². The van der Waals surface area contributed by atoms with Crippen molar-refractivity contribution in [3.63, 3.8) is 0 Å². The standard InChI is InChI=1S/C13H17BrN2O2/c14-12-6-11(7-15-8-12)9-16-3-1-2-13(10-16)17-4-5-18-13/h6-8H,1-5,9-10H2. The predicted molar refractivity (Wildman–Crippen MR) is 71.1 cm³/mol. The molecule has 0 unspecified atom stereocenters. The molecule has 18 heavy (non-hydrogen) atoms. The fourth-order valence-corrected chi connectivity index (χ4v) is 3.15. The lowest BCUT2D eigenvalue weighted by atomic mass is 10.0. The molecule has 2 fully saturated rings. The first-order valence-corrected chi connectivity index (χ1v) is 7.15. The molecule has 2 aliphatic rings. The van der Waals surface area contributed by atoms with Crippen molar-refractivity contribution >= 4 is 15.9 Å². The van der Waals surface area contributed by atoms with Crippen molar-refractivity contribution in [2.24, 2.45) is 0 Å². The van der Waals surface area contributed by atoms with Crippen LogP contribution >= 0.6 is 15.9 Å². The Morgan fingerprint density at radius 2 is 2.17 bits per heavy atom. The Morgan fingerprint density at radius 3 is 2.94 bits per heavy atom. The van der Waals surface area contributed by atoms with Crippen molar-refractivity contribution in [2.45, 2.75) is 25.2 Å². The van der Waals surface area contributed by atoms with Gasteiger partial charge in [-0.15, -0.1) is 0 Å². The van der Waals surface area contributed by atoms with E-state index in [4.69, 9.17) is 9.47 Å². The molecule has 0 bridgehead atoms. The number of ether oxygens (including phenoxy) is 2. The molecule has 2 aliphatic heterocycles. The van der Waals surface area contributed by atoms with Gasteiger partial charge in [-0.25, -0.2) is 0 Å². The second-order valence-corrected chi connectivity index (χ2v) is 5.85. The zero-order valence-electron chi connectivity index (χ0n) is 10.3. The van der Waals surface area contributed by atoms with Crippen LogP contribution < -0.4 is 0 Å². The molecule has 0 N–H and O–H groups in total. The fraction of sp³-hybridized carbons (Fsp3) is 0.615. The van der Waals surface area contributed by atoms with Crippen LogP contribution in [0.2, 0.25) is 0 Å². The number of nitrogens with zero attached hydrogens (tertiary/aromatic N) is 2. The molecule has 0 aliphatic carbocycles. The number of halogens is 1. The first-order chi connectivity index (χ1) is 8.76. The van der Waals surface area contributed by atoms with E-state index >= 15 is 0 Å². The third-order valence-corrected chi connectivity index (χ3v) is 3.91. The van der Waals surface area contributed by atoms with E-state index in [0.717, 1.165) is 50.2 Å². The molecule has 1 aromatic heterocycles. The van der Waals surface area contributed by atoms with E-state index < -0.39 is 0 Å². The quantitative estimate of drug-likeness (QED) is 0.838. The summed E-state index contributed by atoms with van der Waals surface area (Å²) in [4.78, 5) is 6.59. The van der Waals surface area contributed by atoms with Crippen LogP contribution in [-0.4, -0.2) is 42.0 Å². The van der Waals surface area contributed by atoms with E-state index in [-0.39, 0.29) is 5.79 Å². The average Bonchev–Trinajstić information content (AvgIpc) is 2.77. The van der Waals surface area contributed by atoms with E-state index in [1.165, 1.54) is 5.56 Å². The summed E-state index contributed by atoms with van der Waals surface area (Å²) in [6, 6.07) is 2.12. The van der Waals surface area contributed by atoms with Crippen LogP contribution in [0.4, 0.5) is 0 Å². The Kier molecular flexibility index (Phi) is 3.66. The van der Waals surface area contributed by atoms with Crippen molar-refractivity contribution in [1.82, 2.24) is 9.88 Å². The van der Waals surface area contributed by atoms with Crippen LogP contribution in [0.5, 0.6) is 0 Å². The number of rotatable bonds is 2. The highest BCUT2D eigenvalue weighted by Gasteiger charge is 2.40. The Hall–Kier alpha value is -0.490. The van der Waals surface area contributed by atoms with Gasteiger partial charge in [0.05, 0.1) is 19.8 Å². The van der Waals surface area contributed by atoms with E-state index in [1.807, 2.05) is 12.4 Å². The minimum Gasteiger partial charge on any atom is -0.346 e. The van der Waals surface area contributed by atoms with Crippen molar-refractivity contribution in [2.75, 3.05) is 26.3 Å². The summed E-state index contributed by atoms with van der Waals surface area (Å²) in [5.74, 6) is -0.336. The lowest BCUT2D eigenvalue weighted by Crippen LogP contribution is -2.48. The van der Waals surface area contributed by atoms with Gasteiger partial charge in [0.15, 0.2) is 5.79 Å². The summed E-state index contributed by atoms with van der Waals surface area (Å²) in [7, 11) is 0. The van der Waals surface area contributed by atoms with Gasteiger partial charge >= 0.3 is 0 Å². The third kappa shape index (κ3) is 2.74. The van der Waals surface area contributed by atoms with Crippen LogP contribution in [-0.2, 0) is 16.0 Å². The normalized spacial score (nSPS) is 23.6. The largest absolute Gasteiger partial charge is 0.346 e. The number of hydrogen-bond donors (Lipinski definition) is 0. The van der Waals surface area contributed by atoms with E-state index in [9.17, 15) is 0 Å². The van der Waals surface area contributed by atoms with Crippen LogP contribution in [0.15, 0.2) is 22.9 Å². The summed E-state index contributed by atoms with van der Waals surface area (Å²) in [6.07, 6.45) is 5.87. The van der Waals surface area contributed by atoms with Crippen LogP contribution in [0.1, 0.15) is 18.4 Å². The SMILES string of the molecule is Brc1cncc(CN2CCCC3(C2)OCCO3)c1. The summed E-state index contributed by atoms with van der Waals surface area (Å²) >= 11 is 3.46. The Balaban J connectivity index is 1.66. The first kappa shape index (κ1) is 12.5. The highest BCUT2D eigenvalue weighted by Crippen LogP contribution is 2.30. The topological polar surface area (TPSA) is 34.6 Å². The van der Waals surface area contributed by atoms with Gasteiger partial charge in [-0.3, -0.25) is 9.88 Å². The van der Waals surface area contributed by atoms with Gasteiger partial charge < -0.3 is 9.47 Å². The number of pyridine rings is 1. The number of hydrogen-bond acceptors (Lipinski definition) is 4. The average molecular weight is 313 g/mol. The minimum atomic E-state index is -0.336. The van der Waals surface area contributed by atoms with Gasteiger partial charge in [0, 0.05) is 29.8 Å². The van der Waals surface area contributed by atoms with E-state index in [1.54, 1.807) is 0 Å². The Bertz CT molecular complexity index is 421. The molecular weight excluding hydrogens is 296 g/mol. The number of piperidine rings is 1. The molecule has 0 amide bonds. The molecule has 1 spiro atoms. The molecule has 0 aromatic carbocycles. The van der Waals surface area contributed by atoms with Crippen molar-refractivity contribution in [1.29, 1.82) is 0 Å². The molecule has 0 saturated carbocycles. The molecule has 2 saturated heterocycles. The summed E-state index contributed by atoms with van der Waals surface area (Å²) in [6.45, 7) is 4.32. The summed E-state index contributed by atoms with van der Waals surface area (Å²) in [5, 5.41) is 0. The number of aromatic nitrogens is 1. The maximum atomic E-state index is 5.78. The minimum absolute atomic E-state index is 0.336. The summed E-state index contributed by atoms with van der Waals surface area (Å²) < 4.78 is 12.6. The first-order valence-electron chi connectivity index (χ1n) is 6.36. The Morgan fingerprint density at radius 1 is 1.33 bits per heavy atom. The van der Waals surface area contributed by atoms with Gasteiger partial charge in [-0.2, -0.15) is 0 Å². The van der Waals surface area contributed by atoms with Crippen molar-refractivity contribution in [3.8, 4) is 0 Å². The molecular formula is C13H17BrN2O2. The van der Waals surface area contributed by atoms with Gasteiger partial charge in [-0.1, -0.05) is 0 Å². The molecule has 3 heterocycles. The van der Waals surface area contributed by atoms with Crippen LogP contribution in [0, 0.1) is 0 Å². The molecule has 3 rings (SSSR count). The fourth-order valence-electron chi connectivity index (χ4n) is 2.74. The summed E-state index contributed by atoms with van der Waals surface area (Å²) in [5.41, 5.74) is 1.22. The van der Waals surface area contributed by atoms with Crippen molar-refractivity contribution < 1.29 is 9.47 Å². The molecule has 0 atom stereocenters. The number of likely N-dealkylation sites (tertiary alicyclic amines) is 1. The maximum absolute atomic E-state index is 5.78. The smallest absolute Gasteiger partial charge is 0.181 e. The van der Waals surface area contributed by atoms with Crippen LogP contribution in [0.25, 0.3) is 0 Å². The predicted octanol–water partition coefficient (Wildman–Crippen LogP) is 2.18. The second-order valence-electron chi connectivity index (χ2n) is 4.93. The molecule has 1 aromatic rings. The van der Waals surface area contributed by atoms with Crippen molar-refractivity contribution in [3.05, 3.63) is 28.5 Å². The van der Waals surface area contributed by atoms with Gasteiger partial charge in [-0.05, 0) is 40.5 Å². The van der Waals surface area contributed by atoms with Gasteiger partial charge in [0.1, 0.15) is 0 Å². The highest BCUT2D eigenvalue weighted by atomic mass is 79.9. The second kappa shape index (κ2) is 5.25. The monoisotopic (exact) mass is 312 g/mol. The zero-order chi connectivity index (χ0) is 12.4. The lowest BCUT2D eigenvalue weighted by molar-refractivity contribution is -0.190. The van der Waals surface area contributed by atoms with E-state index in [2.05, 4.69) is 31.9 Å².